The van der Waals surface area contributed by atoms with Crippen LogP contribution in [-0.2, 0) is 14.3 Å². The molecule has 3 aromatic carbocycles. The highest BCUT2D eigenvalue weighted by Gasteiger charge is 2.60. The van der Waals surface area contributed by atoms with Crippen molar-refractivity contribution in [1.29, 1.82) is 0 Å². The average Bonchev–Trinajstić information content (AvgIpc) is 3.41. The Labute approximate surface area is 211 Å². The number of thioether (sulfide) groups is 2. The van der Waals surface area contributed by atoms with E-state index in [1.807, 2.05) is 91.0 Å². The van der Waals surface area contributed by atoms with Gasteiger partial charge in [0.1, 0.15) is 5.75 Å². The molecule has 0 saturated carbocycles. The molecule has 1 spiro atoms. The maximum Gasteiger partial charge on any atom is 0.365 e. The Hall–Kier alpha value is -3.69. The molecule has 0 N–H and O–H groups in total. The van der Waals surface area contributed by atoms with Crippen LogP contribution in [0.1, 0.15) is 5.56 Å². The second-order valence-corrected chi connectivity index (χ2v) is 10.2. The summed E-state index contributed by atoms with van der Waals surface area (Å²) in [7, 11) is 2.93. The van der Waals surface area contributed by atoms with Crippen molar-refractivity contribution < 1.29 is 19.1 Å². The number of esters is 1. The number of carbonyl (C=O) groups excluding carboxylic acids is 2. The summed E-state index contributed by atoms with van der Waals surface area (Å²) in [4.78, 5) is 28.7. The SMILES string of the molecule is COC(=O)C1=NN(c2ccccc2)[C@]2(S1)S/C(=C\c1ccc(OC)cc1)C(=O)N2c1ccccc1. The van der Waals surface area contributed by atoms with E-state index in [0.29, 0.717) is 10.6 Å². The lowest BCUT2D eigenvalue weighted by atomic mass is 10.2. The van der Waals surface area contributed by atoms with E-state index in [1.165, 1.54) is 30.6 Å². The molecule has 3 aromatic rings. The van der Waals surface area contributed by atoms with Gasteiger partial charge >= 0.3 is 5.97 Å². The van der Waals surface area contributed by atoms with Gasteiger partial charge in [-0.25, -0.2) is 9.80 Å². The van der Waals surface area contributed by atoms with Crippen molar-refractivity contribution in [3.8, 4) is 5.75 Å². The number of carbonyl (C=O) groups is 2. The number of para-hydroxylation sites is 2. The van der Waals surface area contributed by atoms with Crippen LogP contribution in [0.5, 0.6) is 5.75 Å². The molecule has 2 heterocycles. The maximum absolute atomic E-state index is 13.9. The van der Waals surface area contributed by atoms with Gasteiger partial charge in [-0.05, 0) is 59.8 Å². The van der Waals surface area contributed by atoms with Gasteiger partial charge in [0.25, 0.3) is 5.91 Å². The third-order valence-corrected chi connectivity index (χ3v) is 8.11. The van der Waals surface area contributed by atoms with Gasteiger partial charge in [-0.3, -0.25) is 9.69 Å². The number of hydrogen-bond acceptors (Lipinski definition) is 8. The number of benzene rings is 3. The van der Waals surface area contributed by atoms with Crippen LogP contribution in [0, 0.1) is 0 Å². The molecule has 0 aromatic heterocycles. The molecule has 2 aliphatic rings. The van der Waals surface area contributed by atoms with Crippen molar-refractivity contribution in [2.24, 2.45) is 5.10 Å². The number of rotatable bonds is 5. The first-order valence-corrected chi connectivity index (χ1v) is 12.3. The van der Waals surface area contributed by atoms with Gasteiger partial charge in [0.05, 0.1) is 24.8 Å². The molecule has 1 saturated heterocycles. The minimum Gasteiger partial charge on any atom is -0.497 e. The van der Waals surface area contributed by atoms with Crippen molar-refractivity contribution in [2.45, 2.75) is 4.33 Å². The van der Waals surface area contributed by atoms with E-state index in [4.69, 9.17) is 9.47 Å². The highest BCUT2D eigenvalue weighted by molar-refractivity contribution is 8.29. The highest BCUT2D eigenvalue weighted by atomic mass is 32.2. The molecule has 9 heteroatoms. The Morgan fingerprint density at radius 3 is 2.11 bits per heavy atom. The van der Waals surface area contributed by atoms with E-state index in [0.717, 1.165) is 17.0 Å². The van der Waals surface area contributed by atoms with E-state index in [-0.39, 0.29) is 11.0 Å². The molecule has 0 unspecified atom stereocenters. The zero-order chi connectivity index (χ0) is 24.4. The van der Waals surface area contributed by atoms with Crippen molar-refractivity contribution in [1.82, 2.24) is 0 Å². The average molecular weight is 504 g/mol. The Bertz CT molecular complexity index is 1310. The summed E-state index contributed by atoms with van der Waals surface area (Å²) in [5, 5.41) is 6.50. The summed E-state index contributed by atoms with van der Waals surface area (Å²) < 4.78 is 9.13. The second-order valence-electron chi connectivity index (χ2n) is 7.55. The molecule has 0 radical (unpaired) electrons. The Kier molecular flexibility index (Phi) is 6.27. The number of ether oxygens (including phenoxy) is 2. The zero-order valence-electron chi connectivity index (χ0n) is 19.0. The van der Waals surface area contributed by atoms with Crippen molar-refractivity contribution >= 4 is 57.9 Å². The molecule has 2 aliphatic heterocycles. The fraction of sp³-hybridized carbons (Fsp3) is 0.115. The smallest absolute Gasteiger partial charge is 0.365 e. The standard InChI is InChI=1S/C26H21N3O4S2/c1-32-21-15-13-18(14-16-21)17-22-24(30)28(19-9-5-3-6-10-19)26(34-22)29(20-11-7-4-8-12-20)27-23(35-26)25(31)33-2/h3-17H,1-2H3/b22-17-/t26-/m0/s1. The molecule has 35 heavy (non-hydrogen) atoms. The van der Waals surface area contributed by atoms with E-state index in [9.17, 15) is 9.59 Å². The minimum atomic E-state index is -1.10. The van der Waals surface area contributed by atoms with E-state index < -0.39 is 10.3 Å². The third kappa shape index (κ3) is 4.17. The van der Waals surface area contributed by atoms with Crippen LogP contribution in [0.2, 0.25) is 0 Å². The lowest BCUT2D eigenvalue weighted by molar-refractivity contribution is -0.132. The largest absolute Gasteiger partial charge is 0.497 e. The quantitative estimate of drug-likeness (QED) is 0.351. The summed E-state index contributed by atoms with van der Waals surface area (Å²) in [5.41, 5.74) is 2.29. The number of anilines is 2. The predicted molar refractivity (Wildman–Crippen MR) is 141 cm³/mol. The van der Waals surface area contributed by atoms with E-state index >= 15 is 0 Å². The first kappa shape index (κ1) is 23.1. The molecular formula is C26H21N3O4S2. The molecule has 176 valence electrons. The van der Waals surface area contributed by atoms with Gasteiger partial charge in [-0.2, -0.15) is 5.10 Å². The van der Waals surface area contributed by atoms with Crippen LogP contribution in [0.15, 0.2) is 94.9 Å². The Morgan fingerprint density at radius 2 is 1.51 bits per heavy atom. The summed E-state index contributed by atoms with van der Waals surface area (Å²) in [5.74, 6) is -0.00845. The summed E-state index contributed by atoms with van der Waals surface area (Å²) in [6.45, 7) is 0. The van der Waals surface area contributed by atoms with Crippen LogP contribution in [0.4, 0.5) is 11.4 Å². The number of methoxy groups -OCH3 is 2. The molecule has 5 rings (SSSR count). The fourth-order valence-corrected chi connectivity index (χ4v) is 6.68. The van der Waals surface area contributed by atoms with Gasteiger partial charge in [0.15, 0.2) is 0 Å². The van der Waals surface area contributed by atoms with Crippen LogP contribution >= 0.6 is 23.5 Å². The van der Waals surface area contributed by atoms with Gasteiger partial charge in [-0.1, -0.05) is 60.3 Å². The van der Waals surface area contributed by atoms with Crippen LogP contribution in [0.3, 0.4) is 0 Å². The highest BCUT2D eigenvalue weighted by Crippen LogP contribution is 2.59. The molecule has 0 bridgehead atoms. The maximum atomic E-state index is 13.9. The van der Waals surface area contributed by atoms with E-state index in [2.05, 4.69) is 5.10 Å². The van der Waals surface area contributed by atoms with Crippen LogP contribution in [0.25, 0.3) is 6.08 Å². The van der Waals surface area contributed by atoms with Crippen molar-refractivity contribution in [3.05, 3.63) is 95.4 Å². The molecule has 0 aliphatic carbocycles. The molecule has 7 nitrogen and oxygen atoms in total. The van der Waals surface area contributed by atoms with E-state index in [1.54, 1.807) is 17.0 Å². The van der Waals surface area contributed by atoms with Crippen LogP contribution < -0.4 is 14.6 Å². The lowest BCUT2D eigenvalue weighted by Gasteiger charge is -2.38. The number of nitrogens with zero attached hydrogens (tertiary/aromatic N) is 3. The topological polar surface area (TPSA) is 71.4 Å². The summed E-state index contributed by atoms with van der Waals surface area (Å²) >= 11 is 2.54. The Morgan fingerprint density at radius 1 is 0.886 bits per heavy atom. The van der Waals surface area contributed by atoms with Crippen molar-refractivity contribution in [3.63, 3.8) is 0 Å². The van der Waals surface area contributed by atoms with Gasteiger partial charge in [0, 0.05) is 5.69 Å². The Balaban J connectivity index is 1.65. The predicted octanol–water partition coefficient (Wildman–Crippen LogP) is 5.17. The van der Waals surface area contributed by atoms with Gasteiger partial charge in [-0.15, -0.1) is 0 Å². The summed E-state index contributed by atoms with van der Waals surface area (Å²) in [6, 6.07) is 26.3. The third-order valence-electron chi connectivity index (χ3n) is 5.42. The number of hydrogen-bond donors (Lipinski definition) is 0. The van der Waals surface area contributed by atoms with Crippen LogP contribution in [-0.4, -0.2) is 35.5 Å². The zero-order valence-corrected chi connectivity index (χ0v) is 20.6. The lowest BCUT2D eigenvalue weighted by Crippen LogP contribution is -2.51. The second kappa shape index (κ2) is 9.52. The molecular weight excluding hydrogens is 482 g/mol. The number of amides is 1. The summed E-state index contributed by atoms with van der Waals surface area (Å²) in [6.07, 6.45) is 1.84. The first-order valence-electron chi connectivity index (χ1n) is 10.7. The molecule has 1 amide bonds. The van der Waals surface area contributed by atoms with Gasteiger partial charge in [0.2, 0.25) is 9.37 Å². The fourth-order valence-electron chi connectivity index (χ4n) is 3.78. The van der Waals surface area contributed by atoms with Gasteiger partial charge < -0.3 is 9.47 Å². The monoisotopic (exact) mass is 503 g/mol. The first-order chi connectivity index (χ1) is 17.1. The number of hydrazone groups is 1. The molecule has 1 atom stereocenters. The minimum absolute atomic E-state index is 0.170. The van der Waals surface area contributed by atoms with Crippen molar-refractivity contribution in [2.75, 3.05) is 24.1 Å². The molecule has 1 fully saturated rings. The normalized spacial score (nSPS) is 20.5.